The Balaban J connectivity index is 0.000000446. The SMILES string of the molecule is Bc1ccc(C(F)(F)F)cc1.CCCCN(CCCC)CCCC. The van der Waals surface area contributed by atoms with E-state index in [2.05, 4.69) is 25.7 Å². The molecule has 0 saturated heterocycles. The quantitative estimate of drug-likeness (QED) is 0.590. The minimum atomic E-state index is -4.21. The molecule has 1 aromatic rings. The zero-order valence-electron chi connectivity index (χ0n) is 15.8. The summed E-state index contributed by atoms with van der Waals surface area (Å²) in [6, 6.07) is 5.05. The highest BCUT2D eigenvalue weighted by molar-refractivity contribution is 6.32. The number of halogens is 3. The van der Waals surface area contributed by atoms with Crippen LogP contribution in [-0.2, 0) is 6.18 Å². The van der Waals surface area contributed by atoms with Crippen LogP contribution in [0.5, 0.6) is 0 Å². The number of alkyl halides is 3. The third kappa shape index (κ3) is 11.6. The fraction of sp³-hybridized carbons (Fsp3) is 0.684. The van der Waals surface area contributed by atoms with Crippen LogP contribution in [0, 0.1) is 0 Å². The first kappa shape index (κ1) is 23.0. The Kier molecular flexibility index (Phi) is 12.8. The highest BCUT2D eigenvalue weighted by Gasteiger charge is 2.29. The first-order valence-corrected chi connectivity index (χ1v) is 9.21. The van der Waals surface area contributed by atoms with E-state index in [0.717, 1.165) is 17.6 Å². The number of benzene rings is 1. The number of hydrogen-bond acceptors (Lipinski definition) is 1. The molecule has 0 heterocycles. The van der Waals surface area contributed by atoms with Gasteiger partial charge in [0.15, 0.2) is 0 Å². The third-order valence-electron chi connectivity index (χ3n) is 3.86. The van der Waals surface area contributed by atoms with E-state index in [4.69, 9.17) is 0 Å². The highest BCUT2D eigenvalue weighted by atomic mass is 19.4. The average Bonchev–Trinajstić information content (AvgIpc) is 2.54. The zero-order chi connectivity index (χ0) is 18.4. The van der Waals surface area contributed by atoms with Crippen molar-refractivity contribution in [1.82, 2.24) is 4.90 Å². The lowest BCUT2D eigenvalue weighted by Gasteiger charge is -2.21. The first-order chi connectivity index (χ1) is 11.3. The van der Waals surface area contributed by atoms with Gasteiger partial charge in [-0.15, -0.1) is 0 Å². The Morgan fingerprint density at radius 1 is 0.792 bits per heavy atom. The predicted octanol–water partition coefficient (Wildman–Crippen LogP) is 4.65. The molecule has 1 rings (SSSR count). The summed E-state index contributed by atoms with van der Waals surface area (Å²) in [5, 5.41) is 0. The average molecular weight is 343 g/mol. The van der Waals surface area contributed by atoms with Crippen LogP contribution in [0.4, 0.5) is 13.2 Å². The number of hydrogen-bond donors (Lipinski definition) is 0. The van der Waals surface area contributed by atoms with E-state index in [0.29, 0.717) is 0 Å². The van der Waals surface area contributed by atoms with Crippen LogP contribution in [-0.4, -0.2) is 32.4 Å². The minimum Gasteiger partial charge on any atom is -0.303 e. The van der Waals surface area contributed by atoms with Crippen LogP contribution in [0.15, 0.2) is 24.3 Å². The maximum absolute atomic E-state index is 11.9. The van der Waals surface area contributed by atoms with Gasteiger partial charge in [-0.1, -0.05) is 69.8 Å². The van der Waals surface area contributed by atoms with Crippen LogP contribution in [0.25, 0.3) is 0 Å². The molecule has 0 radical (unpaired) electrons. The first-order valence-electron chi connectivity index (χ1n) is 9.21. The van der Waals surface area contributed by atoms with Crippen LogP contribution in [0.3, 0.4) is 0 Å². The third-order valence-corrected chi connectivity index (χ3v) is 3.86. The summed E-state index contributed by atoms with van der Waals surface area (Å²) in [6.07, 6.45) is 3.88. The van der Waals surface area contributed by atoms with Gasteiger partial charge in [-0.05, 0) is 38.9 Å². The molecule has 0 aliphatic rings. The molecule has 138 valence electrons. The van der Waals surface area contributed by atoms with E-state index in [1.165, 1.54) is 70.3 Å². The summed E-state index contributed by atoms with van der Waals surface area (Å²) < 4.78 is 35.8. The Labute approximate surface area is 147 Å². The van der Waals surface area contributed by atoms with E-state index >= 15 is 0 Å². The van der Waals surface area contributed by atoms with Gasteiger partial charge in [0.25, 0.3) is 0 Å². The maximum Gasteiger partial charge on any atom is 0.416 e. The molecule has 0 aromatic heterocycles. The molecule has 0 aliphatic carbocycles. The van der Waals surface area contributed by atoms with Gasteiger partial charge in [-0.25, -0.2) is 0 Å². The Morgan fingerprint density at radius 3 is 1.46 bits per heavy atom. The summed E-state index contributed by atoms with van der Waals surface area (Å²) in [5.74, 6) is 0. The number of nitrogens with zero attached hydrogens (tertiary/aromatic N) is 1. The van der Waals surface area contributed by atoms with Crippen LogP contribution in [0.2, 0.25) is 0 Å². The van der Waals surface area contributed by atoms with Crippen molar-refractivity contribution in [1.29, 1.82) is 0 Å². The van der Waals surface area contributed by atoms with Crippen molar-refractivity contribution in [2.45, 2.75) is 65.5 Å². The monoisotopic (exact) mass is 343 g/mol. The Bertz CT molecular complexity index is 385. The fourth-order valence-electron chi connectivity index (χ4n) is 2.22. The van der Waals surface area contributed by atoms with Gasteiger partial charge in [0.2, 0.25) is 0 Å². The van der Waals surface area contributed by atoms with Gasteiger partial charge in [-0.2, -0.15) is 13.2 Å². The molecule has 24 heavy (non-hydrogen) atoms. The summed E-state index contributed by atoms with van der Waals surface area (Å²) in [7, 11) is 1.75. The summed E-state index contributed by atoms with van der Waals surface area (Å²) in [4.78, 5) is 2.64. The van der Waals surface area contributed by atoms with E-state index in [-0.39, 0.29) is 0 Å². The number of unbranched alkanes of at least 4 members (excludes halogenated alkanes) is 3. The summed E-state index contributed by atoms with van der Waals surface area (Å²) in [6.45, 7) is 10.8. The number of rotatable bonds is 9. The molecule has 0 amide bonds. The molecule has 1 aromatic carbocycles. The van der Waals surface area contributed by atoms with E-state index in [1.54, 1.807) is 7.85 Å². The van der Waals surface area contributed by atoms with Crippen LogP contribution < -0.4 is 5.46 Å². The lowest BCUT2D eigenvalue weighted by Crippen LogP contribution is -2.27. The van der Waals surface area contributed by atoms with E-state index < -0.39 is 11.7 Å². The molecule has 1 nitrogen and oxygen atoms in total. The standard InChI is InChI=1S/C12H27N.C7H6BF3/c1-4-7-10-13(11-8-5-2)12-9-6-3;8-6-3-1-5(2-4-6)7(9,10)11/h4-12H2,1-3H3;1-4H,8H2. The normalized spacial score (nSPS) is 11.3. The van der Waals surface area contributed by atoms with Crippen molar-refractivity contribution in [2.24, 2.45) is 0 Å². The van der Waals surface area contributed by atoms with E-state index in [1.807, 2.05) is 0 Å². The Hall–Kier alpha value is -0.965. The van der Waals surface area contributed by atoms with Gasteiger partial charge in [0.05, 0.1) is 5.56 Å². The smallest absolute Gasteiger partial charge is 0.303 e. The van der Waals surface area contributed by atoms with Gasteiger partial charge in [0.1, 0.15) is 7.85 Å². The topological polar surface area (TPSA) is 3.24 Å². The molecule has 0 saturated carbocycles. The summed E-state index contributed by atoms with van der Waals surface area (Å²) >= 11 is 0. The lowest BCUT2D eigenvalue weighted by atomic mass is 9.95. The van der Waals surface area contributed by atoms with Crippen molar-refractivity contribution in [3.8, 4) is 0 Å². The Morgan fingerprint density at radius 2 is 1.17 bits per heavy atom. The van der Waals surface area contributed by atoms with Crippen molar-refractivity contribution in [3.63, 3.8) is 0 Å². The summed E-state index contributed by atoms with van der Waals surface area (Å²) in [5.41, 5.74) is 0.237. The molecule has 0 unspecified atom stereocenters. The molecule has 0 atom stereocenters. The van der Waals surface area contributed by atoms with Crippen LogP contribution >= 0.6 is 0 Å². The highest BCUT2D eigenvalue weighted by Crippen LogP contribution is 2.27. The van der Waals surface area contributed by atoms with Gasteiger partial charge in [0, 0.05) is 0 Å². The molecular weight excluding hydrogens is 310 g/mol. The van der Waals surface area contributed by atoms with Crippen molar-refractivity contribution in [3.05, 3.63) is 29.8 Å². The van der Waals surface area contributed by atoms with Crippen LogP contribution in [0.1, 0.15) is 64.9 Å². The molecule has 0 N–H and O–H groups in total. The van der Waals surface area contributed by atoms with Crippen molar-refractivity contribution in [2.75, 3.05) is 19.6 Å². The maximum atomic E-state index is 11.9. The zero-order valence-corrected chi connectivity index (χ0v) is 15.8. The molecule has 0 spiro atoms. The molecule has 0 fully saturated rings. The van der Waals surface area contributed by atoms with Crippen molar-refractivity contribution >= 4 is 13.3 Å². The molecule has 5 heteroatoms. The second-order valence-electron chi connectivity index (χ2n) is 6.27. The van der Waals surface area contributed by atoms with E-state index in [9.17, 15) is 13.2 Å². The predicted molar refractivity (Wildman–Crippen MR) is 101 cm³/mol. The second kappa shape index (κ2) is 13.3. The van der Waals surface area contributed by atoms with Gasteiger partial charge in [-0.3, -0.25) is 0 Å². The second-order valence-corrected chi connectivity index (χ2v) is 6.27. The van der Waals surface area contributed by atoms with Gasteiger partial charge >= 0.3 is 6.18 Å². The van der Waals surface area contributed by atoms with Crippen molar-refractivity contribution < 1.29 is 13.2 Å². The molecule has 0 bridgehead atoms. The fourth-order valence-corrected chi connectivity index (χ4v) is 2.22. The minimum absolute atomic E-state index is 0.594. The lowest BCUT2D eigenvalue weighted by molar-refractivity contribution is -0.137. The largest absolute Gasteiger partial charge is 0.416 e. The molecule has 0 aliphatic heterocycles. The van der Waals surface area contributed by atoms with Gasteiger partial charge < -0.3 is 4.90 Å². The molecular formula is C19H33BF3N.